The van der Waals surface area contributed by atoms with Gasteiger partial charge in [0.05, 0.1) is 0 Å². The number of likely N-dealkylation sites (tertiary alicyclic amines) is 1. The second-order valence-electron chi connectivity index (χ2n) is 6.67. The van der Waals surface area contributed by atoms with Gasteiger partial charge in [-0.25, -0.2) is 4.79 Å². The van der Waals surface area contributed by atoms with E-state index in [1.165, 1.54) is 0 Å². The number of ether oxygens (including phenoxy) is 3. The molecule has 2 heterocycles. The lowest BCUT2D eigenvalue weighted by atomic mass is 10.1. The first-order valence-corrected chi connectivity index (χ1v) is 9.14. The summed E-state index contributed by atoms with van der Waals surface area (Å²) in [5.41, 5.74) is 1.48. The number of para-hydroxylation sites is 2. The van der Waals surface area contributed by atoms with Gasteiger partial charge < -0.3 is 19.1 Å². The molecule has 1 atom stereocenters. The molecular weight excluding hydrogens is 346 g/mol. The van der Waals surface area contributed by atoms with Gasteiger partial charge in [-0.2, -0.15) is 0 Å². The highest BCUT2D eigenvalue weighted by molar-refractivity contribution is 5.94. The molecule has 0 saturated carbocycles. The zero-order valence-electron chi connectivity index (χ0n) is 14.9. The summed E-state index contributed by atoms with van der Waals surface area (Å²) in [7, 11) is 0. The summed E-state index contributed by atoms with van der Waals surface area (Å²) in [4.78, 5) is 26.5. The van der Waals surface area contributed by atoms with Crippen molar-refractivity contribution in [3.05, 3.63) is 59.7 Å². The number of fused-ring (bicyclic) bond motifs is 1. The molecule has 140 valence electrons. The van der Waals surface area contributed by atoms with E-state index in [9.17, 15) is 9.59 Å². The molecule has 2 aromatic rings. The van der Waals surface area contributed by atoms with Gasteiger partial charge in [0.15, 0.2) is 11.5 Å². The van der Waals surface area contributed by atoms with Gasteiger partial charge in [-0.15, -0.1) is 0 Å². The van der Waals surface area contributed by atoms with Crippen LogP contribution < -0.4 is 9.47 Å². The van der Waals surface area contributed by atoms with E-state index in [1.807, 2.05) is 29.2 Å². The quantitative estimate of drug-likeness (QED) is 0.778. The molecule has 1 amide bonds. The van der Waals surface area contributed by atoms with Crippen LogP contribution in [0.2, 0.25) is 0 Å². The van der Waals surface area contributed by atoms with Crippen molar-refractivity contribution >= 4 is 11.9 Å². The lowest BCUT2D eigenvalue weighted by Crippen LogP contribution is -2.37. The predicted molar refractivity (Wildman–Crippen MR) is 97.7 cm³/mol. The van der Waals surface area contributed by atoms with E-state index in [4.69, 9.17) is 14.2 Å². The summed E-state index contributed by atoms with van der Waals surface area (Å²) < 4.78 is 16.5. The van der Waals surface area contributed by atoms with Gasteiger partial charge in [-0.3, -0.25) is 4.79 Å². The lowest BCUT2D eigenvalue weighted by Gasteiger charge is -2.24. The minimum Gasteiger partial charge on any atom is -0.485 e. The van der Waals surface area contributed by atoms with Crippen molar-refractivity contribution in [1.29, 1.82) is 0 Å². The van der Waals surface area contributed by atoms with Crippen LogP contribution in [-0.4, -0.2) is 42.6 Å². The third-order valence-electron chi connectivity index (χ3n) is 4.75. The summed E-state index contributed by atoms with van der Waals surface area (Å²) in [6.45, 7) is 1.90. The number of esters is 1. The normalized spacial score (nSPS) is 18.2. The summed E-state index contributed by atoms with van der Waals surface area (Å²) in [6, 6.07) is 14.4. The molecule has 2 aliphatic heterocycles. The van der Waals surface area contributed by atoms with E-state index in [2.05, 4.69) is 0 Å². The Morgan fingerprint density at radius 3 is 2.44 bits per heavy atom. The van der Waals surface area contributed by atoms with E-state index in [0.717, 1.165) is 31.5 Å². The fourth-order valence-electron chi connectivity index (χ4n) is 3.23. The highest BCUT2D eigenvalue weighted by Crippen LogP contribution is 2.31. The van der Waals surface area contributed by atoms with Crippen molar-refractivity contribution in [1.82, 2.24) is 4.90 Å². The van der Waals surface area contributed by atoms with Gasteiger partial charge in [0.2, 0.25) is 6.10 Å². The van der Waals surface area contributed by atoms with Crippen molar-refractivity contribution in [2.75, 3.05) is 19.7 Å². The minimum atomic E-state index is -0.782. The monoisotopic (exact) mass is 367 g/mol. The number of hydrogen-bond acceptors (Lipinski definition) is 5. The smallest absolute Gasteiger partial charge is 0.351 e. The van der Waals surface area contributed by atoms with Crippen molar-refractivity contribution < 1.29 is 23.8 Å². The molecule has 0 spiro atoms. The van der Waals surface area contributed by atoms with Gasteiger partial charge >= 0.3 is 5.97 Å². The Bertz CT molecular complexity index is 827. The maximum atomic E-state index is 12.3. The van der Waals surface area contributed by atoms with E-state index < -0.39 is 12.1 Å². The SMILES string of the molecule is O=C(OCc1ccc(C(=O)N2CCCC2)cc1)C1COc2ccccc2O1. The number of rotatable bonds is 4. The van der Waals surface area contributed by atoms with Crippen LogP contribution >= 0.6 is 0 Å². The lowest BCUT2D eigenvalue weighted by molar-refractivity contribution is -0.155. The van der Waals surface area contributed by atoms with E-state index >= 15 is 0 Å². The highest BCUT2D eigenvalue weighted by Gasteiger charge is 2.28. The molecule has 0 aliphatic carbocycles. The molecule has 6 heteroatoms. The fourth-order valence-corrected chi connectivity index (χ4v) is 3.23. The Balaban J connectivity index is 1.31. The van der Waals surface area contributed by atoms with Crippen molar-refractivity contribution in [3.8, 4) is 11.5 Å². The van der Waals surface area contributed by atoms with Crippen molar-refractivity contribution in [3.63, 3.8) is 0 Å². The van der Waals surface area contributed by atoms with Gasteiger partial charge in [-0.1, -0.05) is 24.3 Å². The number of benzene rings is 2. The van der Waals surface area contributed by atoms with Crippen LogP contribution in [0.5, 0.6) is 11.5 Å². The summed E-state index contributed by atoms with van der Waals surface area (Å²) in [5, 5.41) is 0. The van der Waals surface area contributed by atoms with Crippen LogP contribution in [0, 0.1) is 0 Å². The first-order chi connectivity index (χ1) is 13.2. The Kier molecular flexibility index (Phi) is 4.96. The summed E-state index contributed by atoms with van der Waals surface area (Å²) in [6.07, 6.45) is 1.35. The minimum absolute atomic E-state index is 0.0578. The standard InChI is InChI=1S/C21H21NO5/c23-20(22-11-3-4-12-22)16-9-7-15(8-10-16)13-26-21(24)19-14-25-17-5-1-2-6-18(17)27-19/h1-2,5-10,19H,3-4,11-14H2. The van der Waals surface area contributed by atoms with Crippen LogP contribution in [0.3, 0.4) is 0 Å². The Morgan fingerprint density at radius 2 is 1.70 bits per heavy atom. The summed E-state index contributed by atoms with van der Waals surface area (Å²) in [5.74, 6) is 0.750. The van der Waals surface area contributed by atoms with Crippen LogP contribution in [0.1, 0.15) is 28.8 Å². The largest absolute Gasteiger partial charge is 0.485 e. The Labute approximate surface area is 157 Å². The average molecular weight is 367 g/mol. The van der Waals surface area contributed by atoms with E-state index in [-0.39, 0.29) is 19.1 Å². The number of hydrogen-bond donors (Lipinski definition) is 0. The number of carbonyl (C=O) groups is 2. The number of amides is 1. The predicted octanol–water partition coefficient (Wildman–Crippen LogP) is 2.81. The molecule has 0 radical (unpaired) electrons. The van der Waals surface area contributed by atoms with Crippen LogP contribution in [-0.2, 0) is 16.1 Å². The van der Waals surface area contributed by atoms with Crippen molar-refractivity contribution in [2.24, 2.45) is 0 Å². The summed E-state index contributed by atoms with van der Waals surface area (Å²) >= 11 is 0. The third-order valence-corrected chi connectivity index (χ3v) is 4.75. The van der Waals surface area contributed by atoms with Gasteiger partial charge in [0, 0.05) is 18.7 Å². The molecule has 4 rings (SSSR count). The molecular formula is C21H21NO5. The average Bonchev–Trinajstić information content (AvgIpc) is 3.26. The maximum absolute atomic E-state index is 12.3. The molecule has 1 unspecified atom stereocenters. The first-order valence-electron chi connectivity index (χ1n) is 9.14. The third kappa shape index (κ3) is 3.89. The number of carbonyl (C=O) groups excluding carboxylic acids is 2. The van der Waals surface area contributed by atoms with Gasteiger partial charge in [0.1, 0.15) is 13.2 Å². The van der Waals surface area contributed by atoms with Gasteiger partial charge in [0.25, 0.3) is 5.91 Å². The second kappa shape index (κ2) is 7.70. The molecule has 27 heavy (non-hydrogen) atoms. The Hall–Kier alpha value is -3.02. The number of nitrogens with zero attached hydrogens (tertiary/aromatic N) is 1. The molecule has 0 aromatic heterocycles. The van der Waals surface area contributed by atoms with Gasteiger partial charge in [-0.05, 0) is 42.7 Å². The zero-order valence-corrected chi connectivity index (χ0v) is 14.9. The zero-order chi connectivity index (χ0) is 18.6. The molecule has 0 N–H and O–H groups in total. The van der Waals surface area contributed by atoms with Crippen molar-refractivity contribution in [2.45, 2.75) is 25.6 Å². The molecule has 0 bridgehead atoms. The second-order valence-corrected chi connectivity index (χ2v) is 6.67. The van der Waals surface area contributed by atoms with E-state index in [0.29, 0.717) is 17.1 Å². The molecule has 2 aliphatic rings. The maximum Gasteiger partial charge on any atom is 0.351 e. The van der Waals surface area contributed by atoms with Crippen LogP contribution in [0.25, 0.3) is 0 Å². The molecule has 1 saturated heterocycles. The van der Waals surface area contributed by atoms with Crippen LogP contribution in [0.15, 0.2) is 48.5 Å². The Morgan fingerprint density at radius 1 is 1.00 bits per heavy atom. The first kappa shape index (κ1) is 17.4. The van der Waals surface area contributed by atoms with Crippen LogP contribution in [0.4, 0.5) is 0 Å². The fraction of sp³-hybridized carbons (Fsp3) is 0.333. The topological polar surface area (TPSA) is 65.1 Å². The molecule has 6 nitrogen and oxygen atoms in total. The molecule has 2 aromatic carbocycles. The van der Waals surface area contributed by atoms with E-state index in [1.54, 1.807) is 24.3 Å². The highest BCUT2D eigenvalue weighted by atomic mass is 16.6. The molecule has 1 fully saturated rings.